The van der Waals surface area contributed by atoms with Crippen molar-refractivity contribution in [3.63, 3.8) is 0 Å². The van der Waals surface area contributed by atoms with Crippen LogP contribution in [0.1, 0.15) is 39.9 Å². The van der Waals surface area contributed by atoms with Crippen LogP contribution in [0.4, 0.5) is 10.1 Å². The number of hydrogen-bond acceptors (Lipinski definition) is 6. The van der Waals surface area contributed by atoms with E-state index in [0.29, 0.717) is 24.3 Å². The first-order valence-corrected chi connectivity index (χ1v) is 11.9. The van der Waals surface area contributed by atoms with Gasteiger partial charge in [0.1, 0.15) is 17.6 Å². The number of nitrogens with zero attached hydrogens (tertiary/aromatic N) is 3. The minimum Gasteiger partial charge on any atom is -0.496 e. The number of aryl methyl sites for hydroxylation is 1. The van der Waals surface area contributed by atoms with Crippen molar-refractivity contribution in [1.82, 2.24) is 15.1 Å². The second kappa shape index (κ2) is 9.30. The number of nitrogens with one attached hydrogen (secondary N) is 1. The molecule has 0 spiro atoms. The van der Waals surface area contributed by atoms with Crippen molar-refractivity contribution in [2.45, 2.75) is 38.9 Å². The molecule has 1 unspecified atom stereocenters. The maximum Gasteiger partial charge on any atom is 0.255 e. The molecule has 5 rings (SSSR count). The molecule has 1 atom stereocenters. The number of fused-ring (bicyclic) bond motifs is 1. The van der Waals surface area contributed by atoms with E-state index in [9.17, 15) is 18.8 Å². The smallest absolute Gasteiger partial charge is 0.255 e. The van der Waals surface area contributed by atoms with Crippen LogP contribution in [0.2, 0.25) is 0 Å². The van der Waals surface area contributed by atoms with Crippen LogP contribution in [0.25, 0.3) is 0 Å². The SMILES string of the molecule is COc1cc(C)ccc1CN1CCN(c2cc(F)cc3c2CN(C2CCC(=O)NC2=O)C3=O)CC1. The standard InChI is InChI=1S/C26H29FN4O4/c1-16-3-4-17(23(11-16)35-2)14-29-7-9-30(10-8-29)22-13-18(27)12-19-20(22)15-31(26(19)34)21-5-6-24(32)28-25(21)33/h3-4,11-13,21H,5-10,14-15H2,1-2H3,(H,28,32,33). The van der Waals surface area contributed by atoms with Gasteiger partial charge in [0.2, 0.25) is 11.8 Å². The zero-order valence-electron chi connectivity index (χ0n) is 20.0. The third kappa shape index (κ3) is 4.48. The zero-order valence-corrected chi connectivity index (χ0v) is 20.0. The second-order valence-electron chi connectivity index (χ2n) is 9.43. The average molecular weight is 481 g/mol. The first-order chi connectivity index (χ1) is 16.8. The molecule has 3 aliphatic rings. The summed E-state index contributed by atoms with van der Waals surface area (Å²) < 4.78 is 20.1. The lowest BCUT2D eigenvalue weighted by atomic mass is 10.0. The van der Waals surface area contributed by atoms with E-state index in [1.165, 1.54) is 17.0 Å². The Morgan fingerprint density at radius 3 is 2.57 bits per heavy atom. The van der Waals surface area contributed by atoms with Crippen LogP contribution in [-0.2, 0) is 22.7 Å². The van der Waals surface area contributed by atoms with Crippen LogP contribution in [0.5, 0.6) is 5.75 Å². The fourth-order valence-electron chi connectivity index (χ4n) is 5.26. The molecule has 0 bridgehead atoms. The molecule has 0 saturated carbocycles. The van der Waals surface area contributed by atoms with E-state index in [1.807, 2.05) is 13.0 Å². The van der Waals surface area contributed by atoms with Crippen LogP contribution in [0.15, 0.2) is 30.3 Å². The molecule has 1 N–H and O–H groups in total. The van der Waals surface area contributed by atoms with E-state index in [2.05, 4.69) is 27.2 Å². The molecule has 2 aromatic carbocycles. The monoisotopic (exact) mass is 480 g/mol. The van der Waals surface area contributed by atoms with Crippen molar-refractivity contribution in [2.75, 3.05) is 38.2 Å². The number of carbonyl (C=O) groups excluding carboxylic acids is 3. The zero-order chi connectivity index (χ0) is 24.7. The van der Waals surface area contributed by atoms with Gasteiger partial charge in [-0.05, 0) is 37.1 Å². The van der Waals surface area contributed by atoms with Crippen molar-refractivity contribution in [3.05, 3.63) is 58.4 Å². The summed E-state index contributed by atoms with van der Waals surface area (Å²) in [6.07, 6.45) is 0.467. The van der Waals surface area contributed by atoms with Gasteiger partial charge in [-0.15, -0.1) is 0 Å². The van der Waals surface area contributed by atoms with Gasteiger partial charge in [-0.1, -0.05) is 12.1 Å². The molecule has 2 fully saturated rings. The fraction of sp³-hybridized carbons (Fsp3) is 0.423. The summed E-state index contributed by atoms with van der Waals surface area (Å²) in [6.45, 7) is 5.99. The Balaban J connectivity index is 1.31. The topological polar surface area (TPSA) is 82.2 Å². The molecule has 9 heteroatoms. The van der Waals surface area contributed by atoms with Crippen molar-refractivity contribution >= 4 is 23.4 Å². The lowest BCUT2D eigenvalue weighted by Gasteiger charge is -2.37. The van der Waals surface area contributed by atoms with E-state index in [0.717, 1.165) is 42.1 Å². The number of methoxy groups -OCH3 is 1. The molecule has 3 aliphatic heterocycles. The number of carbonyl (C=O) groups is 3. The number of amides is 3. The number of benzene rings is 2. The Bertz CT molecular complexity index is 1190. The van der Waals surface area contributed by atoms with Crippen molar-refractivity contribution < 1.29 is 23.5 Å². The summed E-state index contributed by atoms with van der Waals surface area (Å²) in [6, 6.07) is 8.23. The molecule has 184 valence electrons. The Hall–Kier alpha value is -3.46. The molecule has 2 aromatic rings. The predicted molar refractivity (Wildman–Crippen MR) is 128 cm³/mol. The number of halogens is 1. The van der Waals surface area contributed by atoms with Gasteiger partial charge in [0.25, 0.3) is 5.91 Å². The molecular formula is C26H29FN4O4. The van der Waals surface area contributed by atoms with Crippen LogP contribution >= 0.6 is 0 Å². The highest BCUT2D eigenvalue weighted by Gasteiger charge is 2.41. The molecule has 8 nitrogen and oxygen atoms in total. The van der Waals surface area contributed by atoms with Crippen LogP contribution < -0.4 is 15.0 Å². The molecule has 35 heavy (non-hydrogen) atoms. The summed E-state index contributed by atoms with van der Waals surface area (Å²) >= 11 is 0. The summed E-state index contributed by atoms with van der Waals surface area (Å²) in [5, 5.41) is 2.31. The average Bonchev–Trinajstić information content (AvgIpc) is 3.16. The van der Waals surface area contributed by atoms with Crippen molar-refractivity contribution in [1.29, 1.82) is 0 Å². The third-order valence-corrected chi connectivity index (χ3v) is 7.15. The van der Waals surface area contributed by atoms with Crippen molar-refractivity contribution in [3.8, 4) is 5.75 Å². The largest absolute Gasteiger partial charge is 0.496 e. The predicted octanol–water partition coefficient (Wildman–Crippen LogP) is 2.23. The Kier molecular flexibility index (Phi) is 6.19. The summed E-state index contributed by atoms with van der Waals surface area (Å²) in [5.41, 5.74) is 4.03. The summed E-state index contributed by atoms with van der Waals surface area (Å²) in [4.78, 5) is 42.9. The Labute approximate surface area is 203 Å². The van der Waals surface area contributed by atoms with Gasteiger partial charge in [0.15, 0.2) is 0 Å². The number of piperazine rings is 1. The highest BCUT2D eigenvalue weighted by Crippen LogP contribution is 2.35. The maximum atomic E-state index is 14.6. The van der Waals surface area contributed by atoms with Crippen LogP contribution in [-0.4, -0.2) is 66.9 Å². The van der Waals surface area contributed by atoms with Gasteiger partial charge < -0.3 is 14.5 Å². The quantitative estimate of drug-likeness (QED) is 0.661. The molecule has 3 amide bonds. The normalized spacial score (nSPS) is 20.8. The number of rotatable bonds is 5. The molecule has 0 radical (unpaired) electrons. The fourth-order valence-corrected chi connectivity index (χ4v) is 5.26. The number of imide groups is 1. The molecule has 3 heterocycles. The van der Waals surface area contributed by atoms with Gasteiger partial charge in [0, 0.05) is 68.1 Å². The minimum atomic E-state index is -0.718. The van der Waals surface area contributed by atoms with E-state index < -0.39 is 17.8 Å². The second-order valence-corrected chi connectivity index (χ2v) is 9.43. The molecule has 0 aliphatic carbocycles. The van der Waals surface area contributed by atoms with Crippen LogP contribution in [0.3, 0.4) is 0 Å². The number of anilines is 1. The van der Waals surface area contributed by atoms with Gasteiger partial charge in [-0.25, -0.2) is 4.39 Å². The summed E-state index contributed by atoms with van der Waals surface area (Å²) in [7, 11) is 1.68. The minimum absolute atomic E-state index is 0.186. The summed E-state index contributed by atoms with van der Waals surface area (Å²) in [5.74, 6) is -0.750. The van der Waals surface area contributed by atoms with Crippen molar-refractivity contribution in [2.24, 2.45) is 0 Å². The first-order valence-electron chi connectivity index (χ1n) is 11.9. The third-order valence-electron chi connectivity index (χ3n) is 7.15. The van der Waals surface area contributed by atoms with Crippen LogP contribution in [0, 0.1) is 12.7 Å². The molecule has 2 saturated heterocycles. The Morgan fingerprint density at radius 1 is 1.09 bits per heavy atom. The van der Waals surface area contributed by atoms with Gasteiger partial charge >= 0.3 is 0 Å². The van der Waals surface area contributed by atoms with E-state index in [-0.39, 0.29) is 31.2 Å². The first kappa shape index (κ1) is 23.3. The maximum absolute atomic E-state index is 14.6. The lowest BCUT2D eigenvalue weighted by Crippen LogP contribution is -2.52. The van der Waals surface area contributed by atoms with Gasteiger partial charge in [-0.2, -0.15) is 0 Å². The van der Waals surface area contributed by atoms with Gasteiger partial charge in [0.05, 0.1) is 7.11 Å². The number of piperidine rings is 1. The number of ether oxygens (including phenoxy) is 1. The molecular weight excluding hydrogens is 451 g/mol. The highest BCUT2D eigenvalue weighted by atomic mass is 19.1. The molecule has 0 aromatic heterocycles. The highest BCUT2D eigenvalue weighted by molar-refractivity contribution is 6.06. The van der Waals surface area contributed by atoms with Gasteiger partial charge in [-0.3, -0.25) is 24.6 Å². The van der Waals surface area contributed by atoms with E-state index in [4.69, 9.17) is 4.74 Å². The van der Waals surface area contributed by atoms with E-state index in [1.54, 1.807) is 7.11 Å². The Morgan fingerprint density at radius 2 is 1.86 bits per heavy atom. The number of hydrogen-bond donors (Lipinski definition) is 1. The lowest BCUT2D eigenvalue weighted by molar-refractivity contribution is -0.136. The van der Waals surface area contributed by atoms with E-state index >= 15 is 0 Å².